The molecule has 0 aliphatic heterocycles. The Morgan fingerprint density at radius 1 is 1.33 bits per heavy atom. The van der Waals surface area contributed by atoms with E-state index in [2.05, 4.69) is 4.98 Å². The van der Waals surface area contributed by atoms with Crippen LogP contribution >= 0.6 is 0 Å². The Kier molecular flexibility index (Phi) is 3.49. The van der Waals surface area contributed by atoms with Crippen molar-refractivity contribution in [2.45, 2.75) is 39.2 Å². The maximum absolute atomic E-state index is 11.6. The number of amides is 1. The second-order valence-corrected chi connectivity index (χ2v) is 6.11. The second kappa shape index (κ2) is 4.87. The van der Waals surface area contributed by atoms with Crippen molar-refractivity contribution in [2.24, 2.45) is 5.73 Å². The van der Waals surface area contributed by atoms with E-state index >= 15 is 0 Å². The van der Waals surface area contributed by atoms with Gasteiger partial charge in [0.25, 0.3) is 0 Å². The molecule has 0 spiro atoms. The van der Waals surface area contributed by atoms with Crippen molar-refractivity contribution >= 4 is 22.9 Å². The number of rotatable bonds is 3. The molecule has 6 nitrogen and oxygen atoms in total. The van der Waals surface area contributed by atoms with Crippen molar-refractivity contribution in [3.63, 3.8) is 0 Å². The molecule has 21 heavy (non-hydrogen) atoms. The number of carboxylic acids is 1. The first-order valence-corrected chi connectivity index (χ1v) is 6.68. The highest BCUT2D eigenvalue weighted by atomic mass is 16.4. The van der Waals surface area contributed by atoms with Crippen LogP contribution in [0.1, 0.15) is 49.9 Å². The summed E-state index contributed by atoms with van der Waals surface area (Å²) in [6.45, 7) is 7.52. The predicted molar refractivity (Wildman–Crippen MR) is 79.3 cm³/mol. The summed E-state index contributed by atoms with van der Waals surface area (Å²) in [6.07, 6.45) is 0. The number of aromatic carboxylic acids is 1. The third-order valence-electron chi connectivity index (χ3n) is 3.41. The van der Waals surface area contributed by atoms with Crippen LogP contribution in [0, 0.1) is 0 Å². The molecule has 1 aromatic heterocycles. The van der Waals surface area contributed by atoms with E-state index in [1.807, 2.05) is 20.8 Å². The summed E-state index contributed by atoms with van der Waals surface area (Å²) in [5.74, 6) is -0.948. The van der Waals surface area contributed by atoms with Gasteiger partial charge in [0.1, 0.15) is 11.9 Å². The van der Waals surface area contributed by atoms with Crippen LogP contribution in [0.5, 0.6) is 0 Å². The number of carboxylic acid groups (broad SMARTS) is 1. The minimum Gasteiger partial charge on any atom is -0.478 e. The number of hydrogen-bond donors (Lipinski definition) is 2. The quantitative estimate of drug-likeness (QED) is 0.903. The highest BCUT2D eigenvalue weighted by Gasteiger charge is 2.29. The molecule has 1 amide bonds. The van der Waals surface area contributed by atoms with Gasteiger partial charge in [-0.15, -0.1) is 0 Å². The number of aromatic nitrogens is 2. The number of nitrogens with two attached hydrogens (primary N) is 1. The first-order chi connectivity index (χ1) is 9.64. The molecule has 2 rings (SSSR count). The van der Waals surface area contributed by atoms with Gasteiger partial charge in [-0.3, -0.25) is 4.79 Å². The highest BCUT2D eigenvalue weighted by Crippen LogP contribution is 2.31. The van der Waals surface area contributed by atoms with Crippen molar-refractivity contribution in [1.29, 1.82) is 0 Å². The second-order valence-electron chi connectivity index (χ2n) is 6.11. The molecule has 0 saturated carbocycles. The van der Waals surface area contributed by atoms with E-state index < -0.39 is 17.9 Å². The molecule has 0 saturated heterocycles. The predicted octanol–water partition coefficient (Wildman–Crippen LogP) is 2.08. The maximum atomic E-state index is 11.6. The van der Waals surface area contributed by atoms with E-state index in [0.29, 0.717) is 16.9 Å². The first kappa shape index (κ1) is 15.0. The first-order valence-electron chi connectivity index (χ1n) is 6.68. The number of imidazole rings is 1. The number of fused-ring (bicyclic) bond motifs is 1. The number of carbonyl (C=O) groups excluding carboxylic acids is 1. The Labute approximate surface area is 122 Å². The van der Waals surface area contributed by atoms with E-state index in [-0.39, 0.29) is 11.0 Å². The van der Waals surface area contributed by atoms with Crippen molar-refractivity contribution in [3.8, 4) is 0 Å². The SMILES string of the molecule is CC(C(N)=O)n1c(C(C)(C)C)nc2cccc(C(=O)O)c21. The molecule has 1 unspecified atom stereocenters. The summed E-state index contributed by atoms with van der Waals surface area (Å²) in [7, 11) is 0. The fraction of sp³-hybridized carbons (Fsp3) is 0.400. The average Bonchev–Trinajstić information content (AvgIpc) is 2.76. The molecule has 0 bridgehead atoms. The van der Waals surface area contributed by atoms with Crippen LogP contribution in [0.25, 0.3) is 11.0 Å². The molecule has 0 aliphatic carbocycles. The van der Waals surface area contributed by atoms with E-state index in [1.54, 1.807) is 23.6 Å². The molecule has 1 aromatic carbocycles. The normalized spacial score (nSPS) is 13.3. The Balaban J connectivity index is 2.93. The lowest BCUT2D eigenvalue weighted by atomic mass is 9.95. The zero-order chi connectivity index (χ0) is 15.9. The molecule has 1 heterocycles. The van der Waals surface area contributed by atoms with Crippen LogP contribution in [-0.4, -0.2) is 26.5 Å². The van der Waals surface area contributed by atoms with Crippen molar-refractivity contribution in [1.82, 2.24) is 9.55 Å². The molecule has 0 radical (unpaired) electrons. The van der Waals surface area contributed by atoms with Crippen LogP contribution in [-0.2, 0) is 10.2 Å². The molecule has 0 fully saturated rings. The van der Waals surface area contributed by atoms with E-state index in [1.165, 1.54) is 6.07 Å². The fourth-order valence-electron chi connectivity index (χ4n) is 2.35. The summed E-state index contributed by atoms with van der Waals surface area (Å²) >= 11 is 0. The van der Waals surface area contributed by atoms with Gasteiger partial charge >= 0.3 is 5.97 Å². The van der Waals surface area contributed by atoms with Gasteiger partial charge in [0.05, 0.1) is 16.6 Å². The zero-order valence-electron chi connectivity index (χ0n) is 12.5. The average molecular weight is 289 g/mol. The minimum absolute atomic E-state index is 0.114. The van der Waals surface area contributed by atoms with Gasteiger partial charge in [0.2, 0.25) is 5.91 Å². The van der Waals surface area contributed by atoms with Crippen LogP contribution in [0.15, 0.2) is 18.2 Å². The van der Waals surface area contributed by atoms with E-state index in [9.17, 15) is 14.7 Å². The lowest BCUT2D eigenvalue weighted by Gasteiger charge is -2.23. The standard InChI is InChI=1S/C15H19N3O3/c1-8(12(16)19)18-11-9(13(20)21)6-5-7-10(11)17-14(18)15(2,3)4/h5-8H,1-4H3,(H2,16,19)(H,20,21). The van der Waals surface area contributed by atoms with Gasteiger partial charge in [-0.1, -0.05) is 26.8 Å². The third-order valence-corrected chi connectivity index (χ3v) is 3.41. The summed E-state index contributed by atoms with van der Waals surface area (Å²) in [5.41, 5.74) is 6.17. The largest absolute Gasteiger partial charge is 0.478 e. The molecule has 0 aliphatic rings. The Hall–Kier alpha value is -2.37. The van der Waals surface area contributed by atoms with E-state index in [0.717, 1.165) is 0 Å². The highest BCUT2D eigenvalue weighted by molar-refractivity contribution is 6.02. The van der Waals surface area contributed by atoms with Gasteiger partial charge in [0.15, 0.2) is 0 Å². The molecule has 1 atom stereocenters. The molecule has 2 aromatic rings. The van der Waals surface area contributed by atoms with Crippen LogP contribution in [0.2, 0.25) is 0 Å². The number of hydrogen-bond acceptors (Lipinski definition) is 3. The van der Waals surface area contributed by atoms with Crippen molar-refractivity contribution < 1.29 is 14.7 Å². The molecule has 112 valence electrons. The van der Waals surface area contributed by atoms with Gasteiger partial charge in [0, 0.05) is 5.41 Å². The summed E-state index contributed by atoms with van der Waals surface area (Å²) in [4.78, 5) is 27.6. The third kappa shape index (κ3) is 2.49. The van der Waals surface area contributed by atoms with Gasteiger partial charge in [-0.25, -0.2) is 9.78 Å². The molecular formula is C15H19N3O3. The Morgan fingerprint density at radius 3 is 2.43 bits per heavy atom. The van der Waals surface area contributed by atoms with Crippen molar-refractivity contribution in [2.75, 3.05) is 0 Å². The maximum Gasteiger partial charge on any atom is 0.337 e. The van der Waals surface area contributed by atoms with Gasteiger partial charge < -0.3 is 15.4 Å². The topological polar surface area (TPSA) is 98.2 Å². The number of benzene rings is 1. The number of primary amides is 1. The van der Waals surface area contributed by atoms with Crippen LogP contribution < -0.4 is 5.73 Å². The summed E-state index contributed by atoms with van der Waals surface area (Å²) in [5, 5.41) is 9.38. The number of para-hydroxylation sites is 1. The van der Waals surface area contributed by atoms with E-state index in [4.69, 9.17) is 5.73 Å². The summed E-state index contributed by atoms with van der Waals surface area (Å²) in [6, 6.07) is 4.21. The Bertz CT molecular complexity index is 726. The minimum atomic E-state index is -1.06. The lowest BCUT2D eigenvalue weighted by Crippen LogP contribution is -2.29. The molecular weight excluding hydrogens is 270 g/mol. The fourth-order valence-corrected chi connectivity index (χ4v) is 2.35. The monoisotopic (exact) mass is 289 g/mol. The van der Waals surface area contributed by atoms with Gasteiger partial charge in [-0.2, -0.15) is 0 Å². The number of nitrogens with zero attached hydrogens (tertiary/aromatic N) is 2. The Morgan fingerprint density at radius 2 is 1.95 bits per heavy atom. The zero-order valence-corrected chi connectivity index (χ0v) is 12.5. The van der Waals surface area contributed by atoms with Crippen LogP contribution in [0.3, 0.4) is 0 Å². The number of carbonyl (C=O) groups is 2. The summed E-state index contributed by atoms with van der Waals surface area (Å²) < 4.78 is 1.64. The molecule has 6 heteroatoms. The van der Waals surface area contributed by atoms with Crippen molar-refractivity contribution in [3.05, 3.63) is 29.6 Å². The molecule has 3 N–H and O–H groups in total. The van der Waals surface area contributed by atoms with Crippen LogP contribution in [0.4, 0.5) is 0 Å². The van der Waals surface area contributed by atoms with Gasteiger partial charge in [-0.05, 0) is 19.1 Å². The lowest BCUT2D eigenvalue weighted by molar-refractivity contribution is -0.120. The smallest absolute Gasteiger partial charge is 0.337 e.